The Hall–Kier alpha value is -2.50. The van der Waals surface area contributed by atoms with E-state index in [9.17, 15) is 9.90 Å². The highest BCUT2D eigenvalue weighted by atomic mass is 16.5. The SMILES string of the molecule is COc1ccc(C)c(-c2cc(C(=O)O)on2)c1O. The fourth-order valence-electron chi connectivity index (χ4n) is 1.65. The van der Waals surface area contributed by atoms with E-state index in [0.29, 0.717) is 5.56 Å². The Morgan fingerprint density at radius 1 is 1.44 bits per heavy atom. The number of carboxylic acid groups (broad SMARTS) is 1. The van der Waals surface area contributed by atoms with Crippen molar-refractivity contribution < 1.29 is 24.3 Å². The van der Waals surface area contributed by atoms with E-state index in [1.54, 1.807) is 19.1 Å². The minimum absolute atomic E-state index is 0.0947. The number of aromatic hydroxyl groups is 1. The van der Waals surface area contributed by atoms with Crippen molar-refractivity contribution in [3.05, 3.63) is 29.5 Å². The lowest BCUT2D eigenvalue weighted by Crippen LogP contribution is -1.92. The zero-order valence-electron chi connectivity index (χ0n) is 9.80. The maximum absolute atomic E-state index is 10.7. The van der Waals surface area contributed by atoms with Gasteiger partial charge in [0.25, 0.3) is 0 Å². The van der Waals surface area contributed by atoms with Crippen LogP contribution in [0.5, 0.6) is 11.5 Å². The molecule has 0 spiro atoms. The number of nitrogens with zero attached hydrogens (tertiary/aromatic N) is 1. The molecule has 0 atom stereocenters. The first-order valence-electron chi connectivity index (χ1n) is 5.11. The number of phenols is 1. The fraction of sp³-hybridized carbons (Fsp3) is 0.167. The summed E-state index contributed by atoms with van der Waals surface area (Å²) in [6.45, 7) is 1.77. The Labute approximate surface area is 102 Å². The Morgan fingerprint density at radius 3 is 2.72 bits per heavy atom. The average Bonchev–Trinajstić information content (AvgIpc) is 2.79. The highest BCUT2D eigenvalue weighted by Crippen LogP contribution is 2.38. The molecule has 2 N–H and O–H groups in total. The van der Waals surface area contributed by atoms with Crippen LogP contribution in [-0.2, 0) is 0 Å². The van der Waals surface area contributed by atoms with Crippen LogP contribution in [0.15, 0.2) is 22.7 Å². The third-order valence-electron chi connectivity index (χ3n) is 2.55. The van der Waals surface area contributed by atoms with Crippen molar-refractivity contribution in [2.45, 2.75) is 6.92 Å². The van der Waals surface area contributed by atoms with Crippen LogP contribution >= 0.6 is 0 Å². The van der Waals surface area contributed by atoms with E-state index in [4.69, 9.17) is 9.84 Å². The molecule has 94 valence electrons. The lowest BCUT2D eigenvalue weighted by molar-refractivity contribution is 0.0652. The molecule has 6 heteroatoms. The van der Waals surface area contributed by atoms with Crippen LogP contribution in [0.2, 0.25) is 0 Å². The van der Waals surface area contributed by atoms with Gasteiger partial charge in [0, 0.05) is 6.07 Å². The quantitative estimate of drug-likeness (QED) is 0.864. The molecular formula is C12H11NO5. The number of carbonyl (C=O) groups is 1. The number of hydrogen-bond donors (Lipinski definition) is 2. The van der Waals surface area contributed by atoms with Crippen LogP contribution in [0.25, 0.3) is 11.3 Å². The topological polar surface area (TPSA) is 92.8 Å². The van der Waals surface area contributed by atoms with Crippen molar-refractivity contribution in [3.8, 4) is 22.8 Å². The van der Waals surface area contributed by atoms with Gasteiger partial charge in [0.05, 0.1) is 12.7 Å². The van der Waals surface area contributed by atoms with Gasteiger partial charge in [0.15, 0.2) is 11.5 Å². The smallest absolute Gasteiger partial charge is 0.374 e. The fourth-order valence-corrected chi connectivity index (χ4v) is 1.65. The normalized spacial score (nSPS) is 10.3. The molecule has 0 bridgehead atoms. The second-order valence-corrected chi connectivity index (χ2v) is 3.69. The highest BCUT2D eigenvalue weighted by Gasteiger charge is 2.18. The van der Waals surface area contributed by atoms with Gasteiger partial charge in [0.2, 0.25) is 5.76 Å². The largest absolute Gasteiger partial charge is 0.504 e. The number of phenolic OH excluding ortho intramolecular Hbond substituents is 1. The third kappa shape index (κ3) is 1.88. The Balaban J connectivity index is 2.58. The van der Waals surface area contributed by atoms with Gasteiger partial charge in [0.1, 0.15) is 5.69 Å². The van der Waals surface area contributed by atoms with Crippen LogP contribution < -0.4 is 4.74 Å². The van der Waals surface area contributed by atoms with E-state index >= 15 is 0 Å². The minimum atomic E-state index is -1.21. The molecule has 0 aliphatic heterocycles. The number of carboxylic acids is 1. The maximum Gasteiger partial charge on any atom is 0.374 e. The van der Waals surface area contributed by atoms with Gasteiger partial charge in [-0.3, -0.25) is 0 Å². The molecule has 0 unspecified atom stereocenters. The number of hydrogen-bond acceptors (Lipinski definition) is 5. The van der Waals surface area contributed by atoms with Crippen molar-refractivity contribution in [1.82, 2.24) is 5.16 Å². The third-order valence-corrected chi connectivity index (χ3v) is 2.55. The van der Waals surface area contributed by atoms with Crippen molar-refractivity contribution in [3.63, 3.8) is 0 Å². The van der Waals surface area contributed by atoms with E-state index in [1.165, 1.54) is 13.2 Å². The van der Waals surface area contributed by atoms with Crippen LogP contribution in [0, 0.1) is 6.92 Å². The van der Waals surface area contributed by atoms with E-state index in [0.717, 1.165) is 5.56 Å². The molecule has 1 heterocycles. The van der Waals surface area contributed by atoms with Crippen LogP contribution in [-0.4, -0.2) is 28.4 Å². The summed E-state index contributed by atoms with van der Waals surface area (Å²) in [4.78, 5) is 10.7. The van der Waals surface area contributed by atoms with Crippen LogP contribution in [0.4, 0.5) is 0 Å². The monoisotopic (exact) mass is 249 g/mol. The first-order valence-corrected chi connectivity index (χ1v) is 5.11. The number of methoxy groups -OCH3 is 1. The average molecular weight is 249 g/mol. The van der Waals surface area contributed by atoms with Gasteiger partial charge >= 0.3 is 5.97 Å². The number of rotatable bonds is 3. The molecule has 2 rings (SSSR count). The maximum atomic E-state index is 10.7. The molecule has 0 fully saturated rings. The summed E-state index contributed by atoms with van der Waals surface area (Å²) in [6.07, 6.45) is 0. The minimum Gasteiger partial charge on any atom is -0.504 e. The number of benzene rings is 1. The summed E-state index contributed by atoms with van der Waals surface area (Å²) in [6, 6.07) is 4.61. The molecule has 2 aromatic rings. The molecule has 1 aromatic carbocycles. The van der Waals surface area contributed by atoms with Gasteiger partial charge in [-0.25, -0.2) is 4.79 Å². The molecule has 18 heavy (non-hydrogen) atoms. The number of ether oxygens (including phenoxy) is 1. The molecule has 0 saturated carbocycles. The van der Waals surface area contributed by atoms with Crippen LogP contribution in [0.1, 0.15) is 16.1 Å². The molecule has 0 aliphatic rings. The molecule has 1 aromatic heterocycles. The number of aromatic carboxylic acids is 1. The molecule has 0 saturated heterocycles. The summed E-state index contributed by atoms with van der Waals surface area (Å²) < 4.78 is 9.65. The zero-order chi connectivity index (χ0) is 13.3. The van der Waals surface area contributed by atoms with Crippen molar-refractivity contribution in [1.29, 1.82) is 0 Å². The Bertz CT molecular complexity index is 603. The first-order chi connectivity index (χ1) is 8.54. The van der Waals surface area contributed by atoms with Gasteiger partial charge < -0.3 is 19.5 Å². The van der Waals surface area contributed by atoms with Crippen LogP contribution in [0.3, 0.4) is 0 Å². The van der Waals surface area contributed by atoms with Gasteiger partial charge in [-0.1, -0.05) is 11.2 Å². The Morgan fingerprint density at radius 2 is 2.17 bits per heavy atom. The van der Waals surface area contributed by atoms with E-state index in [-0.39, 0.29) is 23.0 Å². The standard InChI is InChI=1S/C12H11NO5/c1-6-3-4-8(17-2)11(14)10(6)7-5-9(12(15)16)18-13-7/h3-5,14H,1-2H3,(H,15,16). The molecular weight excluding hydrogens is 238 g/mol. The van der Waals surface area contributed by atoms with Gasteiger partial charge in [-0.05, 0) is 18.6 Å². The molecule has 6 nitrogen and oxygen atoms in total. The zero-order valence-corrected chi connectivity index (χ0v) is 9.80. The molecule has 0 amide bonds. The first kappa shape index (κ1) is 12.0. The lowest BCUT2D eigenvalue weighted by Gasteiger charge is -2.09. The van der Waals surface area contributed by atoms with Crippen molar-refractivity contribution in [2.24, 2.45) is 0 Å². The van der Waals surface area contributed by atoms with Gasteiger partial charge in [-0.15, -0.1) is 0 Å². The number of aryl methyl sites for hydroxylation is 1. The second-order valence-electron chi connectivity index (χ2n) is 3.69. The summed E-state index contributed by atoms with van der Waals surface area (Å²) in [5.74, 6) is -1.31. The predicted molar refractivity (Wildman–Crippen MR) is 61.9 cm³/mol. The summed E-state index contributed by atoms with van der Waals surface area (Å²) in [5, 5.41) is 22.4. The van der Waals surface area contributed by atoms with E-state index < -0.39 is 5.97 Å². The summed E-state index contributed by atoms with van der Waals surface area (Å²) in [7, 11) is 1.43. The van der Waals surface area contributed by atoms with E-state index in [2.05, 4.69) is 9.68 Å². The second kappa shape index (κ2) is 4.40. The van der Waals surface area contributed by atoms with Crippen molar-refractivity contribution >= 4 is 5.97 Å². The van der Waals surface area contributed by atoms with Crippen molar-refractivity contribution in [2.75, 3.05) is 7.11 Å². The summed E-state index contributed by atoms with van der Waals surface area (Å²) >= 11 is 0. The molecule has 0 aliphatic carbocycles. The Kier molecular flexibility index (Phi) is 2.93. The molecule has 0 radical (unpaired) electrons. The number of aromatic nitrogens is 1. The lowest BCUT2D eigenvalue weighted by atomic mass is 10.0. The summed E-state index contributed by atoms with van der Waals surface area (Å²) in [5.41, 5.74) is 1.38. The highest BCUT2D eigenvalue weighted by molar-refractivity contribution is 5.86. The predicted octanol–water partition coefficient (Wildman–Crippen LogP) is 2.06. The van der Waals surface area contributed by atoms with Gasteiger partial charge in [-0.2, -0.15) is 0 Å². The van der Waals surface area contributed by atoms with E-state index in [1.807, 2.05) is 0 Å².